The molecular formula is C17H24N2O7. The van der Waals surface area contributed by atoms with Crippen LogP contribution in [0.15, 0.2) is 12.1 Å². The van der Waals surface area contributed by atoms with Crippen molar-refractivity contribution in [2.75, 3.05) is 26.9 Å². The number of nitro benzene ring substituents is 1. The minimum Gasteiger partial charge on any atom is -0.493 e. The Morgan fingerprint density at radius 1 is 1.42 bits per heavy atom. The molecular weight excluding hydrogens is 344 g/mol. The Morgan fingerprint density at radius 2 is 2.15 bits per heavy atom. The Bertz CT molecular complexity index is 665. The van der Waals surface area contributed by atoms with E-state index in [1.165, 1.54) is 24.1 Å². The van der Waals surface area contributed by atoms with Crippen LogP contribution < -0.4 is 9.47 Å². The number of carbonyl (C=O) groups is 1. The van der Waals surface area contributed by atoms with E-state index in [0.717, 1.165) is 12.8 Å². The number of β-amino-alcohol motifs (C(OH)–C–C–N with tert-alkyl or cyclic N) is 1. The molecule has 0 unspecified atom stereocenters. The molecule has 1 heterocycles. The lowest BCUT2D eigenvalue weighted by Crippen LogP contribution is -2.38. The van der Waals surface area contributed by atoms with Crippen LogP contribution in [0.2, 0.25) is 0 Å². The van der Waals surface area contributed by atoms with Gasteiger partial charge in [-0.3, -0.25) is 14.9 Å². The molecule has 1 amide bonds. The van der Waals surface area contributed by atoms with Gasteiger partial charge in [-0.15, -0.1) is 0 Å². The molecule has 0 spiro atoms. The first-order valence-electron chi connectivity index (χ1n) is 8.52. The maximum atomic E-state index is 12.8. The predicted octanol–water partition coefficient (Wildman–Crippen LogP) is 1.35. The predicted molar refractivity (Wildman–Crippen MR) is 92.6 cm³/mol. The van der Waals surface area contributed by atoms with E-state index in [2.05, 4.69) is 0 Å². The fourth-order valence-corrected chi connectivity index (χ4v) is 2.94. The molecule has 1 fully saturated rings. The minimum atomic E-state index is -0.770. The van der Waals surface area contributed by atoms with Gasteiger partial charge in [0.05, 0.1) is 43.5 Å². The van der Waals surface area contributed by atoms with Crippen LogP contribution >= 0.6 is 0 Å². The standard InChI is InChI=1S/C17H24N2O7/c1-3-4-5-26-16-8-14(19(23)24)13(7-15(16)25-2)17(22)18-9-12(21)6-11(18)10-20/h7-8,11-12,20-21H,3-6,9-10H2,1-2H3/t11-,12+/m0/s1. The Hall–Kier alpha value is -2.39. The largest absolute Gasteiger partial charge is 0.493 e. The number of hydrogen-bond donors (Lipinski definition) is 2. The maximum absolute atomic E-state index is 12.8. The Kier molecular flexibility index (Phi) is 6.76. The molecule has 1 aromatic rings. The number of nitrogens with zero attached hydrogens (tertiary/aromatic N) is 2. The number of unbranched alkanes of at least 4 members (excludes halogenated alkanes) is 1. The van der Waals surface area contributed by atoms with E-state index in [4.69, 9.17) is 9.47 Å². The summed E-state index contributed by atoms with van der Waals surface area (Å²) in [6, 6.07) is 1.88. The van der Waals surface area contributed by atoms with Crippen LogP contribution in [0.5, 0.6) is 11.5 Å². The summed E-state index contributed by atoms with van der Waals surface area (Å²) >= 11 is 0. The Morgan fingerprint density at radius 3 is 2.73 bits per heavy atom. The lowest BCUT2D eigenvalue weighted by Gasteiger charge is -2.23. The first kappa shape index (κ1) is 19.9. The summed E-state index contributed by atoms with van der Waals surface area (Å²) in [4.78, 5) is 24.9. The van der Waals surface area contributed by atoms with Gasteiger partial charge in [0.15, 0.2) is 11.5 Å². The van der Waals surface area contributed by atoms with E-state index in [0.29, 0.717) is 6.61 Å². The molecule has 1 aliphatic heterocycles. The summed E-state index contributed by atoms with van der Waals surface area (Å²) in [5, 5.41) is 30.6. The molecule has 26 heavy (non-hydrogen) atoms. The van der Waals surface area contributed by atoms with Crippen LogP contribution in [0.25, 0.3) is 0 Å². The molecule has 2 N–H and O–H groups in total. The normalized spacial score (nSPS) is 19.5. The third-order valence-corrected chi connectivity index (χ3v) is 4.33. The lowest BCUT2D eigenvalue weighted by molar-refractivity contribution is -0.385. The zero-order valence-corrected chi connectivity index (χ0v) is 14.9. The van der Waals surface area contributed by atoms with Gasteiger partial charge in [-0.25, -0.2) is 0 Å². The number of amides is 1. The van der Waals surface area contributed by atoms with Crippen molar-refractivity contribution in [3.63, 3.8) is 0 Å². The van der Waals surface area contributed by atoms with Crippen molar-refractivity contribution in [1.82, 2.24) is 4.90 Å². The number of rotatable bonds is 8. The molecule has 1 aliphatic rings. The highest BCUT2D eigenvalue weighted by atomic mass is 16.6. The third-order valence-electron chi connectivity index (χ3n) is 4.33. The lowest BCUT2D eigenvalue weighted by atomic mass is 10.1. The number of carbonyl (C=O) groups excluding carboxylic acids is 1. The van der Waals surface area contributed by atoms with E-state index < -0.39 is 28.7 Å². The van der Waals surface area contributed by atoms with Crippen molar-refractivity contribution in [2.45, 2.75) is 38.3 Å². The first-order valence-corrected chi connectivity index (χ1v) is 8.52. The Balaban J connectivity index is 2.40. The number of ether oxygens (including phenoxy) is 2. The van der Waals surface area contributed by atoms with Gasteiger partial charge >= 0.3 is 0 Å². The monoisotopic (exact) mass is 368 g/mol. The second-order valence-corrected chi connectivity index (χ2v) is 6.16. The summed E-state index contributed by atoms with van der Waals surface area (Å²) < 4.78 is 10.8. The summed E-state index contributed by atoms with van der Waals surface area (Å²) in [6.45, 7) is 2.05. The van der Waals surface area contributed by atoms with Gasteiger partial charge < -0.3 is 24.6 Å². The van der Waals surface area contributed by atoms with Gasteiger partial charge in [-0.2, -0.15) is 0 Å². The summed E-state index contributed by atoms with van der Waals surface area (Å²) in [6.07, 6.45) is 1.14. The summed E-state index contributed by atoms with van der Waals surface area (Å²) in [5.74, 6) is -0.217. The average molecular weight is 368 g/mol. The highest BCUT2D eigenvalue weighted by Crippen LogP contribution is 2.36. The highest BCUT2D eigenvalue weighted by molar-refractivity contribution is 5.99. The molecule has 1 saturated heterocycles. The molecule has 9 heteroatoms. The molecule has 0 bridgehead atoms. The number of hydrogen-bond acceptors (Lipinski definition) is 7. The van der Waals surface area contributed by atoms with Crippen molar-refractivity contribution in [2.24, 2.45) is 0 Å². The molecule has 0 aromatic heterocycles. The van der Waals surface area contributed by atoms with E-state index >= 15 is 0 Å². The number of likely N-dealkylation sites (tertiary alicyclic amines) is 1. The minimum absolute atomic E-state index is 0.0122. The fourth-order valence-electron chi connectivity index (χ4n) is 2.94. The molecule has 1 aromatic carbocycles. The van der Waals surface area contributed by atoms with Gasteiger partial charge in [0.1, 0.15) is 5.56 Å². The van der Waals surface area contributed by atoms with E-state index in [1.54, 1.807) is 0 Å². The quantitative estimate of drug-likeness (QED) is 0.403. The van der Waals surface area contributed by atoms with Crippen LogP contribution in [-0.4, -0.2) is 65.0 Å². The van der Waals surface area contributed by atoms with Crippen LogP contribution in [0.3, 0.4) is 0 Å². The zero-order valence-electron chi connectivity index (χ0n) is 14.9. The molecule has 0 radical (unpaired) electrons. The molecule has 0 saturated carbocycles. The van der Waals surface area contributed by atoms with Gasteiger partial charge in [-0.05, 0) is 12.8 Å². The zero-order chi connectivity index (χ0) is 19.3. The summed E-state index contributed by atoms with van der Waals surface area (Å²) in [7, 11) is 1.39. The van der Waals surface area contributed by atoms with Crippen LogP contribution in [0, 0.1) is 10.1 Å². The Labute approximate surface area is 151 Å². The van der Waals surface area contributed by atoms with Gasteiger partial charge in [0.2, 0.25) is 0 Å². The van der Waals surface area contributed by atoms with E-state index in [-0.39, 0.29) is 36.6 Å². The molecule has 2 rings (SSSR count). The molecule has 0 aliphatic carbocycles. The number of nitro groups is 1. The first-order chi connectivity index (χ1) is 12.4. The summed E-state index contributed by atoms with van der Waals surface area (Å²) in [5.41, 5.74) is -0.567. The SMILES string of the molecule is CCCCOc1cc([N+](=O)[O-])c(C(=O)N2C[C@H](O)C[C@H]2CO)cc1OC. The molecule has 2 atom stereocenters. The highest BCUT2D eigenvalue weighted by Gasteiger charge is 2.37. The maximum Gasteiger partial charge on any atom is 0.286 e. The van der Waals surface area contributed by atoms with Crippen LogP contribution in [0.1, 0.15) is 36.5 Å². The van der Waals surface area contributed by atoms with Crippen molar-refractivity contribution >= 4 is 11.6 Å². The number of aliphatic hydroxyl groups is 2. The topological polar surface area (TPSA) is 122 Å². The van der Waals surface area contributed by atoms with E-state index in [1.807, 2.05) is 6.92 Å². The average Bonchev–Trinajstić information content (AvgIpc) is 3.01. The van der Waals surface area contributed by atoms with Gasteiger partial charge in [0, 0.05) is 12.6 Å². The number of benzene rings is 1. The second kappa shape index (κ2) is 8.81. The van der Waals surface area contributed by atoms with Crippen LogP contribution in [-0.2, 0) is 0 Å². The van der Waals surface area contributed by atoms with Crippen LogP contribution in [0.4, 0.5) is 5.69 Å². The van der Waals surface area contributed by atoms with Crippen molar-refractivity contribution in [1.29, 1.82) is 0 Å². The van der Waals surface area contributed by atoms with Gasteiger partial charge in [0.25, 0.3) is 11.6 Å². The second-order valence-electron chi connectivity index (χ2n) is 6.16. The van der Waals surface area contributed by atoms with Gasteiger partial charge in [-0.1, -0.05) is 13.3 Å². The molecule has 144 valence electrons. The third kappa shape index (κ3) is 4.23. The van der Waals surface area contributed by atoms with Crippen molar-refractivity contribution < 1.29 is 29.4 Å². The molecule has 9 nitrogen and oxygen atoms in total. The smallest absolute Gasteiger partial charge is 0.286 e. The number of methoxy groups -OCH3 is 1. The van der Waals surface area contributed by atoms with Crippen molar-refractivity contribution in [3.8, 4) is 11.5 Å². The number of aliphatic hydroxyl groups excluding tert-OH is 2. The fraction of sp³-hybridized carbons (Fsp3) is 0.588. The van der Waals surface area contributed by atoms with E-state index in [9.17, 15) is 25.1 Å². The van der Waals surface area contributed by atoms with Crippen molar-refractivity contribution in [3.05, 3.63) is 27.8 Å².